The summed E-state index contributed by atoms with van der Waals surface area (Å²) in [4.78, 5) is 20.6. The number of esters is 1. The number of rotatable bonds is 5. The zero-order chi connectivity index (χ0) is 20.4. The fourth-order valence-electron chi connectivity index (χ4n) is 2.74. The highest BCUT2D eigenvalue weighted by Gasteiger charge is 2.23. The van der Waals surface area contributed by atoms with Crippen LogP contribution in [0, 0.1) is 5.82 Å². The lowest BCUT2D eigenvalue weighted by atomic mass is 10.1. The van der Waals surface area contributed by atoms with Crippen molar-refractivity contribution in [1.29, 1.82) is 0 Å². The number of nitrogens with one attached hydrogen (secondary N) is 1. The smallest absolute Gasteiger partial charge is 0.376 e. The maximum atomic E-state index is 13.3. The molecule has 0 saturated carbocycles. The summed E-state index contributed by atoms with van der Waals surface area (Å²) in [5.74, 6) is -1.02. The second kappa shape index (κ2) is 7.84. The van der Waals surface area contributed by atoms with E-state index in [0.29, 0.717) is 27.4 Å². The van der Waals surface area contributed by atoms with Crippen molar-refractivity contribution in [2.75, 3.05) is 11.9 Å². The van der Waals surface area contributed by atoms with E-state index in [1.165, 1.54) is 24.3 Å². The highest BCUT2D eigenvalue weighted by Crippen LogP contribution is 2.36. The summed E-state index contributed by atoms with van der Waals surface area (Å²) in [5, 5.41) is 8.02. The number of halogens is 2. The van der Waals surface area contributed by atoms with Crippen LogP contribution >= 0.6 is 11.6 Å². The highest BCUT2D eigenvalue weighted by molar-refractivity contribution is 6.33. The zero-order valence-electron chi connectivity index (χ0n) is 15.1. The number of benzene rings is 2. The fourth-order valence-corrected chi connectivity index (χ4v) is 2.96. The fraction of sp³-hybridized carbons (Fsp3) is 0.100. The first-order valence-electron chi connectivity index (χ1n) is 8.69. The first-order chi connectivity index (χ1) is 14.1. The van der Waals surface area contributed by atoms with Gasteiger partial charge in [0.05, 0.1) is 11.6 Å². The molecule has 0 spiro atoms. The van der Waals surface area contributed by atoms with Crippen LogP contribution in [-0.2, 0) is 4.74 Å². The second-order valence-electron chi connectivity index (χ2n) is 5.94. The Kier molecular flexibility index (Phi) is 5.09. The summed E-state index contributed by atoms with van der Waals surface area (Å²) in [6.07, 6.45) is 0. The molecule has 0 aliphatic rings. The van der Waals surface area contributed by atoms with Gasteiger partial charge in [0, 0.05) is 11.3 Å². The Morgan fingerprint density at radius 2 is 1.93 bits per heavy atom. The van der Waals surface area contributed by atoms with E-state index in [-0.39, 0.29) is 29.8 Å². The maximum absolute atomic E-state index is 13.3. The third-order valence-electron chi connectivity index (χ3n) is 4.03. The predicted molar refractivity (Wildman–Crippen MR) is 106 cm³/mol. The number of anilines is 2. The molecular formula is C20H14ClFN4O3. The van der Waals surface area contributed by atoms with Crippen LogP contribution in [0.2, 0.25) is 5.02 Å². The molecule has 29 heavy (non-hydrogen) atoms. The predicted octanol–water partition coefficient (Wildman–Crippen LogP) is 5.00. The minimum atomic E-state index is -0.702. The van der Waals surface area contributed by atoms with Crippen LogP contribution in [0.4, 0.5) is 15.9 Å². The van der Waals surface area contributed by atoms with Crippen molar-refractivity contribution < 1.29 is 18.4 Å². The van der Waals surface area contributed by atoms with Crippen LogP contribution in [0.5, 0.6) is 0 Å². The lowest BCUT2D eigenvalue weighted by Gasteiger charge is -2.09. The van der Waals surface area contributed by atoms with Gasteiger partial charge in [-0.2, -0.15) is 4.98 Å². The van der Waals surface area contributed by atoms with Gasteiger partial charge in [0.25, 0.3) is 5.71 Å². The number of aromatic nitrogens is 3. The van der Waals surface area contributed by atoms with Crippen molar-refractivity contribution in [3.8, 4) is 11.3 Å². The van der Waals surface area contributed by atoms with Crippen LogP contribution < -0.4 is 5.32 Å². The van der Waals surface area contributed by atoms with Crippen LogP contribution in [0.15, 0.2) is 53.1 Å². The summed E-state index contributed by atoms with van der Waals surface area (Å²) in [5.41, 5.74) is 1.66. The molecule has 146 valence electrons. The number of hydrogen-bond donors (Lipinski definition) is 1. The van der Waals surface area contributed by atoms with Gasteiger partial charge in [0.15, 0.2) is 0 Å². The lowest BCUT2D eigenvalue weighted by molar-refractivity contribution is 0.0512. The molecule has 9 heteroatoms. The topological polar surface area (TPSA) is 90.1 Å². The Hall–Kier alpha value is -3.52. The molecule has 7 nitrogen and oxygen atoms in total. The molecule has 1 N–H and O–H groups in total. The van der Waals surface area contributed by atoms with E-state index in [9.17, 15) is 9.18 Å². The number of carbonyl (C=O) groups excluding carboxylic acids is 1. The van der Waals surface area contributed by atoms with Gasteiger partial charge in [-0.05, 0) is 37.3 Å². The molecule has 0 radical (unpaired) electrons. The molecule has 0 atom stereocenters. The molecule has 4 aromatic rings. The van der Waals surface area contributed by atoms with Crippen molar-refractivity contribution in [2.45, 2.75) is 6.92 Å². The van der Waals surface area contributed by atoms with Gasteiger partial charge in [-0.25, -0.2) is 14.2 Å². The molecule has 0 unspecified atom stereocenters. The summed E-state index contributed by atoms with van der Waals surface area (Å²) < 4.78 is 23.6. The van der Waals surface area contributed by atoms with Crippen molar-refractivity contribution in [3.05, 3.63) is 65.2 Å². The largest absolute Gasteiger partial charge is 0.460 e. The maximum Gasteiger partial charge on any atom is 0.376 e. The molecule has 0 aliphatic heterocycles. The van der Waals surface area contributed by atoms with E-state index in [1.54, 1.807) is 25.1 Å². The molecule has 0 bridgehead atoms. The van der Waals surface area contributed by atoms with Crippen LogP contribution in [0.1, 0.15) is 17.5 Å². The SMILES string of the molecule is CCOC(=O)c1nc(Nc2ccc(F)cc2)c2c(-c3ccccc3Cl)noc2n1. The summed E-state index contributed by atoms with van der Waals surface area (Å²) in [6, 6.07) is 12.8. The van der Waals surface area contributed by atoms with Crippen molar-refractivity contribution in [2.24, 2.45) is 0 Å². The van der Waals surface area contributed by atoms with Crippen LogP contribution in [-0.4, -0.2) is 27.7 Å². The normalized spacial score (nSPS) is 10.9. The first kappa shape index (κ1) is 18.8. The van der Waals surface area contributed by atoms with E-state index >= 15 is 0 Å². The number of hydrogen-bond acceptors (Lipinski definition) is 7. The number of carbonyl (C=O) groups is 1. The monoisotopic (exact) mass is 412 g/mol. The van der Waals surface area contributed by atoms with Crippen molar-refractivity contribution in [3.63, 3.8) is 0 Å². The summed E-state index contributed by atoms with van der Waals surface area (Å²) in [6.45, 7) is 1.85. The lowest BCUT2D eigenvalue weighted by Crippen LogP contribution is -2.11. The molecular weight excluding hydrogens is 399 g/mol. The average molecular weight is 413 g/mol. The van der Waals surface area contributed by atoms with Crippen LogP contribution in [0.3, 0.4) is 0 Å². The summed E-state index contributed by atoms with van der Waals surface area (Å²) in [7, 11) is 0. The molecule has 2 heterocycles. The zero-order valence-corrected chi connectivity index (χ0v) is 15.9. The minimum Gasteiger partial charge on any atom is -0.460 e. The molecule has 0 fully saturated rings. The Morgan fingerprint density at radius 1 is 1.17 bits per heavy atom. The number of ether oxygens (including phenoxy) is 1. The van der Waals surface area contributed by atoms with Crippen molar-refractivity contribution >= 4 is 40.2 Å². The second-order valence-corrected chi connectivity index (χ2v) is 6.35. The Morgan fingerprint density at radius 3 is 2.66 bits per heavy atom. The van der Waals surface area contributed by atoms with Gasteiger partial charge < -0.3 is 14.6 Å². The van der Waals surface area contributed by atoms with Gasteiger partial charge in [0.2, 0.25) is 5.82 Å². The Bertz CT molecular complexity index is 1190. The molecule has 2 aromatic heterocycles. The standard InChI is InChI=1S/C20H14ClFN4O3/c1-2-28-20(27)18-24-17(23-12-9-7-11(22)8-10-12)15-16(26-29-19(15)25-18)13-5-3-4-6-14(13)21/h3-10H,2H2,1H3,(H,23,24,25). The van der Waals surface area contributed by atoms with E-state index < -0.39 is 5.97 Å². The van der Waals surface area contributed by atoms with E-state index in [2.05, 4.69) is 20.4 Å². The van der Waals surface area contributed by atoms with E-state index in [1.807, 2.05) is 6.07 Å². The minimum absolute atomic E-state index is 0.0857. The average Bonchev–Trinajstić information content (AvgIpc) is 3.14. The van der Waals surface area contributed by atoms with E-state index in [0.717, 1.165) is 0 Å². The number of nitrogens with zero attached hydrogens (tertiary/aromatic N) is 3. The third-order valence-corrected chi connectivity index (χ3v) is 4.36. The third kappa shape index (κ3) is 3.74. The quantitative estimate of drug-likeness (QED) is 0.461. The Balaban J connectivity index is 1.90. The Labute approximate surface area is 169 Å². The molecule has 0 aliphatic carbocycles. The van der Waals surface area contributed by atoms with Crippen LogP contribution in [0.25, 0.3) is 22.4 Å². The van der Waals surface area contributed by atoms with Gasteiger partial charge in [-0.15, -0.1) is 0 Å². The molecule has 4 rings (SSSR count). The van der Waals surface area contributed by atoms with Gasteiger partial charge >= 0.3 is 5.97 Å². The van der Waals surface area contributed by atoms with Gasteiger partial charge in [-0.1, -0.05) is 35.0 Å². The number of fused-ring (bicyclic) bond motifs is 1. The summed E-state index contributed by atoms with van der Waals surface area (Å²) >= 11 is 6.31. The van der Waals surface area contributed by atoms with Gasteiger partial charge in [-0.3, -0.25) is 0 Å². The van der Waals surface area contributed by atoms with E-state index in [4.69, 9.17) is 20.9 Å². The molecule has 0 amide bonds. The molecule has 2 aromatic carbocycles. The van der Waals surface area contributed by atoms with Gasteiger partial charge in [0.1, 0.15) is 22.7 Å². The molecule has 0 saturated heterocycles. The first-order valence-corrected chi connectivity index (χ1v) is 9.06. The van der Waals surface area contributed by atoms with Crippen molar-refractivity contribution in [1.82, 2.24) is 15.1 Å². The highest BCUT2D eigenvalue weighted by atomic mass is 35.5.